The van der Waals surface area contributed by atoms with Gasteiger partial charge in [-0.25, -0.2) is 9.97 Å². The number of benzene rings is 1. The molecular weight excluding hydrogens is 393 g/mol. The van der Waals surface area contributed by atoms with E-state index in [0.717, 1.165) is 37.7 Å². The van der Waals surface area contributed by atoms with Crippen LogP contribution in [0.5, 0.6) is 0 Å². The molecule has 1 aliphatic heterocycles. The quantitative estimate of drug-likeness (QED) is 0.350. The van der Waals surface area contributed by atoms with Crippen molar-refractivity contribution < 1.29 is 18.8 Å². The summed E-state index contributed by atoms with van der Waals surface area (Å²) < 4.78 is 16.4. The molecular formula is C20H19N3O5P+. The van der Waals surface area contributed by atoms with Gasteiger partial charge in [-0.05, 0) is 49.1 Å². The summed E-state index contributed by atoms with van der Waals surface area (Å²) in [5, 5.41) is 0.385. The zero-order valence-corrected chi connectivity index (χ0v) is 16.5. The van der Waals surface area contributed by atoms with Gasteiger partial charge in [-0.15, -0.1) is 9.42 Å². The average Bonchev–Trinajstić information content (AvgIpc) is 2.99. The highest BCUT2D eigenvalue weighted by molar-refractivity contribution is 7.32. The summed E-state index contributed by atoms with van der Waals surface area (Å²) in [6.07, 6.45) is 5.86. The van der Waals surface area contributed by atoms with E-state index in [9.17, 15) is 14.2 Å². The molecule has 1 aromatic carbocycles. The Morgan fingerprint density at radius 3 is 2.76 bits per heavy atom. The lowest BCUT2D eigenvalue weighted by Crippen LogP contribution is -2.21. The van der Waals surface area contributed by atoms with Crippen LogP contribution in [0.4, 0.5) is 0 Å². The molecule has 0 spiro atoms. The van der Waals surface area contributed by atoms with Gasteiger partial charge in [0.25, 0.3) is 5.56 Å². The molecule has 1 unspecified atom stereocenters. The van der Waals surface area contributed by atoms with Gasteiger partial charge in [-0.3, -0.25) is 14.2 Å². The molecule has 29 heavy (non-hydrogen) atoms. The number of aromatic nitrogens is 3. The van der Waals surface area contributed by atoms with E-state index >= 15 is 0 Å². The lowest BCUT2D eigenvalue weighted by Gasteiger charge is -2.06. The van der Waals surface area contributed by atoms with Gasteiger partial charge < -0.3 is 0 Å². The molecule has 4 rings (SSSR count). The molecule has 2 aromatic heterocycles. The van der Waals surface area contributed by atoms with Crippen LogP contribution in [0.15, 0.2) is 41.3 Å². The first-order valence-corrected chi connectivity index (χ1v) is 10.5. The van der Waals surface area contributed by atoms with Crippen molar-refractivity contribution in [1.82, 2.24) is 14.5 Å². The molecule has 0 amide bonds. The third-order valence-corrected chi connectivity index (χ3v) is 5.36. The minimum atomic E-state index is -2.52. The van der Waals surface area contributed by atoms with E-state index in [1.54, 1.807) is 24.4 Å². The molecule has 1 N–H and O–H groups in total. The maximum absolute atomic E-state index is 12.8. The Kier molecular flexibility index (Phi) is 5.58. The Morgan fingerprint density at radius 1 is 1.10 bits per heavy atom. The largest absolute Gasteiger partial charge is 0.694 e. The maximum Gasteiger partial charge on any atom is 0.694 e. The first-order valence-electron chi connectivity index (χ1n) is 9.41. The third-order valence-electron chi connectivity index (χ3n) is 4.95. The fourth-order valence-electron chi connectivity index (χ4n) is 3.56. The van der Waals surface area contributed by atoms with Crippen molar-refractivity contribution in [3.63, 3.8) is 0 Å². The fraction of sp³-hybridized carbons (Fsp3) is 0.300. The van der Waals surface area contributed by atoms with Crippen molar-refractivity contribution in [2.24, 2.45) is 0 Å². The molecule has 0 bridgehead atoms. The standard InChI is InChI=1S/C20H18N3O5P/c24-17-15-12-13(6-3-1-2-4-11-28-29(26)27)8-9-16(15)23-19(17)22-18-14(20(23)25)7-5-10-21-18/h5,7-10,12H,1-4,6,11H2/p+1. The van der Waals surface area contributed by atoms with E-state index < -0.39 is 8.25 Å². The van der Waals surface area contributed by atoms with Crippen LogP contribution in [0.1, 0.15) is 47.4 Å². The number of pyridine rings is 1. The second kappa shape index (κ2) is 8.29. The van der Waals surface area contributed by atoms with Crippen molar-refractivity contribution in [3.05, 3.63) is 63.8 Å². The molecule has 8 nitrogen and oxygen atoms in total. The van der Waals surface area contributed by atoms with E-state index in [1.165, 1.54) is 4.57 Å². The molecule has 9 heteroatoms. The smallest absolute Gasteiger partial charge is 0.285 e. The van der Waals surface area contributed by atoms with Gasteiger partial charge in [-0.1, -0.05) is 18.9 Å². The van der Waals surface area contributed by atoms with Gasteiger partial charge >= 0.3 is 8.25 Å². The fourth-order valence-corrected chi connectivity index (χ4v) is 3.84. The van der Waals surface area contributed by atoms with Crippen LogP contribution in [0, 0.1) is 0 Å². The lowest BCUT2D eigenvalue weighted by molar-refractivity contribution is 0.103. The lowest BCUT2D eigenvalue weighted by atomic mass is 10.0. The van der Waals surface area contributed by atoms with Crippen molar-refractivity contribution in [2.45, 2.75) is 32.1 Å². The molecule has 0 radical (unpaired) electrons. The molecule has 0 fully saturated rings. The van der Waals surface area contributed by atoms with Gasteiger partial charge in [0.15, 0.2) is 11.5 Å². The monoisotopic (exact) mass is 412 g/mol. The Hall–Kier alpha value is -2.80. The molecule has 148 valence electrons. The minimum absolute atomic E-state index is 0.107. The van der Waals surface area contributed by atoms with Crippen LogP contribution in [0.3, 0.4) is 0 Å². The zero-order valence-electron chi connectivity index (χ0n) is 15.6. The average molecular weight is 412 g/mol. The topological polar surface area (TPSA) is 111 Å². The second-order valence-corrected chi connectivity index (χ2v) is 7.60. The minimum Gasteiger partial charge on any atom is -0.285 e. The maximum atomic E-state index is 12.8. The van der Waals surface area contributed by atoms with Gasteiger partial charge in [0, 0.05) is 10.8 Å². The Morgan fingerprint density at radius 2 is 1.93 bits per heavy atom. The van der Waals surface area contributed by atoms with Crippen LogP contribution in [-0.4, -0.2) is 31.8 Å². The van der Waals surface area contributed by atoms with Gasteiger partial charge in [-0.2, -0.15) is 0 Å². The summed E-state index contributed by atoms with van der Waals surface area (Å²) in [4.78, 5) is 42.6. The number of aryl methyl sites for hydroxylation is 1. The van der Waals surface area contributed by atoms with Gasteiger partial charge in [0.05, 0.1) is 16.6 Å². The van der Waals surface area contributed by atoms with Gasteiger partial charge in [0.1, 0.15) is 6.61 Å². The molecule has 3 heterocycles. The van der Waals surface area contributed by atoms with Crippen LogP contribution in [0.2, 0.25) is 0 Å². The summed E-state index contributed by atoms with van der Waals surface area (Å²) >= 11 is 0. The number of unbranched alkanes of at least 4 members (excludes halogenated alkanes) is 3. The highest BCUT2D eigenvalue weighted by Gasteiger charge is 2.30. The van der Waals surface area contributed by atoms with E-state index in [0.29, 0.717) is 16.6 Å². The highest BCUT2D eigenvalue weighted by Crippen LogP contribution is 2.27. The number of nitrogens with zero attached hydrogens (tertiary/aromatic N) is 3. The number of carbonyl (C=O) groups excluding carboxylic acids is 1. The van der Waals surface area contributed by atoms with Crippen LogP contribution < -0.4 is 5.56 Å². The molecule has 1 aliphatic rings. The molecule has 1 atom stereocenters. The molecule has 0 saturated carbocycles. The van der Waals surface area contributed by atoms with Crippen molar-refractivity contribution in [3.8, 4) is 5.69 Å². The normalized spacial score (nSPS) is 12.9. The van der Waals surface area contributed by atoms with E-state index in [1.807, 2.05) is 12.1 Å². The number of carbonyl (C=O) groups is 1. The van der Waals surface area contributed by atoms with Crippen LogP contribution in [-0.2, 0) is 15.5 Å². The number of hydrogen-bond acceptors (Lipinski definition) is 6. The summed E-state index contributed by atoms with van der Waals surface area (Å²) in [7, 11) is -2.52. The highest BCUT2D eigenvalue weighted by atomic mass is 31.1. The summed E-state index contributed by atoms with van der Waals surface area (Å²) in [6, 6.07) is 8.90. The SMILES string of the molecule is O=C1c2cc(CCCCCCO[P+](=O)O)ccc2-n2c1nc1ncccc1c2=O. The number of ketones is 1. The van der Waals surface area contributed by atoms with E-state index in [-0.39, 0.29) is 29.4 Å². The number of fused-ring (bicyclic) bond motifs is 4. The van der Waals surface area contributed by atoms with Crippen LogP contribution >= 0.6 is 8.25 Å². The van der Waals surface area contributed by atoms with Crippen molar-refractivity contribution in [2.75, 3.05) is 6.61 Å². The van der Waals surface area contributed by atoms with Crippen molar-refractivity contribution >= 4 is 25.1 Å². The number of hydrogen-bond donors (Lipinski definition) is 1. The second-order valence-electron chi connectivity index (χ2n) is 6.87. The molecule has 0 saturated heterocycles. The molecule has 0 aliphatic carbocycles. The zero-order chi connectivity index (χ0) is 20.4. The first kappa shape index (κ1) is 19.5. The predicted octanol–water partition coefficient (Wildman–Crippen LogP) is 3.09. The van der Waals surface area contributed by atoms with Gasteiger partial charge in [0.2, 0.25) is 5.78 Å². The molecule has 3 aromatic rings. The Bertz CT molecular complexity index is 1170. The first-order chi connectivity index (χ1) is 14.1. The Labute approximate surface area is 167 Å². The summed E-state index contributed by atoms with van der Waals surface area (Å²) in [5.41, 5.74) is 2.06. The predicted molar refractivity (Wildman–Crippen MR) is 107 cm³/mol. The summed E-state index contributed by atoms with van der Waals surface area (Å²) in [6.45, 7) is 0.280. The summed E-state index contributed by atoms with van der Waals surface area (Å²) in [5.74, 6) is -0.155. The third kappa shape index (κ3) is 3.87. The number of rotatable bonds is 8. The van der Waals surface area contributed by atoms with Crippen molar-refractivity contribution in [1.29, 1.82) is 0 Å². The Balaban J connectivity index is 1.48. The van der Waals surface area contributed by atoms with E-state index in [4.69, 9.17) is 4.89 Å². The van der Waals surface area contributed by atoms with E-state index in [2.05, 4.69) is 14.5 Å². The van der Waals surface area contributed by atoms with Crippen LogP contribution in [0.25, 0.3) is 16.7 Å².